The molecule has 2 fully saturated rings. The first-order valence-electron chi connectivity index (χ1n) is 14.8. The van der Waals surface area contributed by atoms with Crippen LogP contribution in [-0.4, -0.2) is 41.3 Å². The molecule has 0 radical (unpaired) electrons. The minimum atomic E-state index is 0.0530. The topological polar surface area (TPSA) is 56.3 Å². The summed E-state index contributed by atoms with van der Waals surface area (Å²) >= 11 is 12.0. The highest BCUT2D eigenvalue weighted by atomic mass is 35.5. The molecule has 0 amide bonds. The van der Waals surface area contributed by atoms with Crippen LogP contribution in [0.15, 0.2) is 54.6 Å². The lowest BCUT2D eigenvalue weighted by molar-refractivity contribution is 0.292. The van der Waals surface area contributed by atoms with Crippen LogP contribution in [0.3, 0.4) is 0 Å². The number of hydrogen-bond acceptors (Lipinski definition) is 5. The zero-order valence-electron chi connectivity index (χ0n) is 23.2. The molecule has 0 spiro atoms. The van der Waals surface area contributed by atoms with Crippen molar-refractivity contribution in [2.24, 2.45) is 0 Å². The zero-order chi connectivity index (χ0) is 27.4. The quantitative estimate of drug-likeness (QED) is 0.311. The summed E-state index contributed by atoms with van der Waals surface area (Å²) in [5, 5.41) is 8.26. The maximum atomic E-state index is 6.21. The summed E-state index contributed by atoms with van der Waals surface area (Å²) in [4.78, 5) is 14.7. The second-order valence-corrected chi connectivity index (χ2v) is 12.4. The Morgan fingerprint density at radius 2 is 1.50 bits per heavy atom. The van der Waals surface area contributed by atoms with Crippen LogP contribution in [-0.2, 0) is 18.4 Å². The van der Waals surface area contributed by atoms with Gasteiger partial charge in [-0.2, -0.15) is 9.97 Å². The van der Waals surface area contributed by atoms with Crippen molar-refractivity contribution in [2.75, 3.05) is 41.3 Å². The normalized spacial score (nSPS) is 18.6. The molecule has 1 saturated carbocycles. The molecule has 1 saturated heterocycles. The predicted octanol–water partition coefficient (Wildman–Crippen LogP) is 6.87. The lowest BCUT2D eigenvalue weighted by Crippen LogP contribution is -2.43. The molecule has 3 heterocycles. The van der Waals surface area contributed by atoms with Crippen molar-refractivity contribution in [1.29, 1.82) is 0 Å². The third kappa shape index (κ3) is 6.21. The molecule has 2 aromatic carbocycles. The van der Waals surface area contributed by atoms with Gasteiger partial charge >= 0.3 is 0 Å². The van der Waals surface area contributed by atoms with E-state index in [0.717, 1.165) is 68.6 Å². The fourth-order valence-corrected chi connectivity index (χ4v) is 6.90. The SMILES string of the molecule is S=C(NCC1(c2ccc(Cl)cc2)CCCCC1)Nc1nc(N2CCCCC2)cc(N2CCc3ccccc3C2)n1. The molecule has 0 unspecified atom stereocenters. The van der Waals surface area contributed by atoms with Crippen molar-refractivity contribution in [1.82, 2.24) is 15.3 Å². The standard InChI is InChI=1S/C32H39ClN6S/c33-27-13-11-26(12-14-27)32(16-5-1-6-17-32)23-34-31(40)37-30-35-28(38-18-7-2-8-19-38)21-29(36-30)39-20-15-24-9-3-4-10-25(24)22-39/h3-4,9-14,21H,1-2,5-8,15-20,22-23H2,(H2,34,35,36,37,40). The van der Waals surface area contributed by atoms with Gasteiger partial charge in [0, 0.05) is 49.2 Å². The Hall–Kier alpha value is -2.90. The Bertz CT molecular complexity index is 1320. The molecular weight excluding hydrogens is 536 g/mol. The summed E-state index contributed by atoms with van der Waals surface area (Å²) in [6, 6.07) is 19.3. The third-order valence-electron chi connectivity index (χ3n) is 8.91. The summed E-state index contributed by atoms with van der Waals surface area (Å²) in [5.41, 5.74) is 4.20. The summed E-state index contributed by atoms with van der Waals surface area (Å²) in [6.45, 7) is 4.65. The van der Waals surface area contributed by atoms with Gasteiger partial charge in [0.15, 0.2) is 5.11 Å². The van der Waals surface area contributed by atoms with E-state index in [1.54, 1.807) is 0 Å². The average molecular weight is 575 g/mol. The number of benzene rings is 2. The number of halogens is 1. The Balaban J connectivity index is 1.20. The average Bonchev–Trinajstić information content (AvgIpc) is 3.01. The molecule has 1 aromatic heterocycles. The fourth-order valence-electron chi connectivity index (χ4n) is 6.61. The Morgan fingerprint density at radius 1 is 0.825 bits per heavy atom. The van der Waals surface area contributed by atoms with Crippen molar-refractivity contribution < 1.29 is 0 Å². The fraction of sp³-hybridized carbons (Fsp3) is 0.469. The second kappa shape index (κ2) is 12.3. The molecule has 8 heteroatoms. The maximum Gasteiger partial charge on any atom is 0.232 e. The minimum Gasteiger partial charge on any atom is -0.361 e. The highest BCUT2D eigenvalue weighted by molar-refractivity contribution is 7.80. The van der Waals surface area contributed by atoms with Crippen molar-refractivity contribution >= 4 is 46.5 Å². The van der Waals surface area contributed by atoms with E-state index in [-0.39, 0.29) is 5.41 Å². The van der Waals surface area contributed by atoms with Gasteiger partial charge in [0.05, 0.1) is 0 Å². The molecule has 3 aliphatic rings. The Morgan fingerprint density at radius 3 is 2.25 bits per heavy atom. The van der Waals surface area contributed by atoms with E-state index in [1.165, 1.54) is 55.2 Å². The molecule has 210 valence electrons. The first-order chi connectivity index (χ1) is 19.6. The maximum absolute atomic E-state index is 6.21. The molecule has 6 rings (SSSR count). The number of anilines is 3. The van der Waals surface area contributed by atoms with Crippen LogP contribution in [0.1, 0.15) is 68.1 Å². The van der Waals surface area contributed by atoms with Gasteiger partial charge in [-0.15, -0.1) is 0 Å². The number of piperidine rings is 1. The van der Waals surface area contributed by atoms with E-state index in [4.69, 9.17) is 33.8 Å². The van der Waals surface area contributed by atoms with Crippen LogP contribution in [0, 0.1) is 0 Å². The molecule has 0 atom stereocenters. The lowest BCUT2D eigenvalue weighted by Gasteiger charge is -2.38. The number of thiocarbonyl (C=S) groups is 1. The van der Waals surface area contributed by atoms with Crippen molar-refractivity contribution in [3.63, 3.8) is 0 Å². The van der Waals surface area contributed by atoms with Gasteiger partial charge < -0.3 is 20.4 Å². The van der Waals surface area contributed by atoms with Crippen molar-refractivity contribution in [3.05, 3.63) is 76.3 Å². The Kier molecular flexibility index (Phi) is 8.40. The first-order valence-corrected chi connectivity index (χ1v) is 15.6. The molecule has 40 heavy (non-hydrogen) atoms. The number of nitrogens with one attached hydrogen (secondary N) is 2. The number of nitrogens with zero attached hydrogens (tertiary/aromatic N) is 4. The monoisotopic (exact) mass is 574 g/mol. The van der Waals surface area contributed by atoms with Crippen LogP contribution in [0.2, 0.25) is 5.02 Å². The highest BCUT2D eigenvalue weighted by Crippen LogP contribution is 2.39. The van der Waals surface area contributed by atoms with Gasteiger partial charge in [0.1, 0.15) is 11.6 Å². The van der Waals surface area contributed by atoms with E-state index in [0.29, 0.717) is 11.1 Å². The molecule has 2 N–H and O–H groups in total. The second-order valence-electron chi connectivity index (χ2n) is 11.6. The van der Waals surface area contributed by atoms with Crippen LogP contribution < -0.4 is 20.4 Å². The van der Waals surface area contributed by atoms with Crippen LogP contribution in [0.4, 0.5) is 17.6 Å². The van der Waals surface area contributed by atoms with Gasteiger partial charge in [-0.25, -0.2) is 0 Å². The number of rotatable bonds is 6. The van der Waals surface area contributed by atoms with Crippen molar-refractivity contribution in [3.8, 4) is 0 Å². The smallest absolute Gasteiger partial charge is 0.232 e. The van der Waals surface area contributed by atoms with Crippen LogP contribution in [0.25, 0.3) is 0 Å². The van der Waals surface area contributed by atoms with Crippen LogP contribution in [0.5, 0.6) is 0 Å². The minimum absolute atomic E-state index is 0.0530. The largest absolute Gasteiger partial charge is 0.361 e. The summed E-state index contributed by atoms with van der Waals surface area (Å²) in [5.74, 6) is 2.51. The zero-order valence-corrected chi connectivity index (χ0v) is 24.7. The number of aromatic nitrogens is 2. The van der Waals surface area contributed by atoms with Gasteiger partial charge in [-0.3, -0.25) is 0 Å². The van der Waals surface area contributed by atoms with Crippen LogP contribution >= 0.6 is 23.8 Å². The van der Waals surface area contributed by atoms with Gasteiger partial charge in [0.2, 0.25) is 5.95 Å². The number of fused-ring (bicyclic) bond motifs is 1. The van der Waals surface area contributed by atoms with E-state index < -0.39 is 0 Å². The molecule has 2 aliphatic heterocycles. The van der Waals surface area contributed by atoms with E-state index >= 15 is 0 Å². The molecule has 6 nitrogen and oxygen atoms in total. The van der Waals surface area contributed by atoms with E-state index in [9.17, 15) is 0 Å². The summed E-state index contributed by atoms with van der Waals surface area (Å²) in [7, 11) is 0. The van der Waals surface area contributed by atoms with E-state index in [2.05, 4.69) is 62.9 Å². The highest BCUT2D eigenvalue weighted by Gasteiger charge is 2.34. The third-order valence-corrected chi connectivity index (χ3v) is 9.41. The lowest BCUT2D eigenvalue weighted by atomic mass is 9.69. The molecule has 1 aliphatic carbocycles. The Labute approximate surface area is 248 Å². The summed E-state index contributed by atoms with van der Waals surface area (Å²) in [6.07, 6.45) is 10.7. The first kappa shape index (κ1) is 27.3. The summed E-state index contributed by atoms with van der Waals surface area (Å²) < 4.78 is 0. The molecule has 3 aromatic rings. The molecule has 0 bridgehead atoms. The van der Waals surface area contributed by atoms with Gasteiger partial charge in [-0.1, -0.05) is 67.3 Å². The van der Waals surface area contributed by atoms with E-state index in [1.807, 2.05) is 12.1 Å². The van der Waals surface area contributed by atoms with Gasteiger partial charge in [0.25, 0.3) is 0 Å². The van der Waals surface area contributed by atoms with Gasteiger partial charge in [-0.05, 0) is 79.6 Å². The number of hydrogen-bond donors (Lipinski definition) is 2. The molecular formula is C32H39ClN6S. The predicted molar refractivity (Wildman–Crippen MR) is 170 cm³/mol. The van der Waals surface area contributed by atoms with Crippen molar-refractivity contribution in [2.45, 2.75) is 69.7 Å².